The first-order chi connectivity index (χ1) is 11.4. The van der Waals surface area contributed by atoms with Gasteiger partial charge in [-0.25, -0.2) is 4.98 Å². The van der Waals surface area contributed by atoms with E-state index in [-0.39, 0.29) is 0 Å². The molecule has 0 N–H and O–H groups in total. The summed E-state index contributed by atoms with van der Waals surface area (Å²) in [4.78, 5) is 14.2. The number of hydrogen-bond acceptors (Lipinski definition) is 4. The van der Waals surface area contributed by atoms with E-state index in [0.717, 1.165) is 31.3 Å². The molecule has 4 nitrogen and oxygen atoms in total. The highest BCUT2D eigenvalue weighted by Gasteiger charge is 2.25. The monoisotopic (exact) mass is 308 g/mol. The average Bonchev–Trinajstić information content (AvgIpc) is 3.06. The molecule has 2 aromatic rings. The van der Waals surface area contributed by atoms with Crippen molar-refractivity contribution in [3.8, 4) is 0 Å². The summed E-state index contributed by atoms with van der Waals surface area (Å²) in [5.74, 6) is 1.93. The minimum atomic E-state index is 0.588. The van der Waals surface area contributed by atoms with Gasteiger partial charge in [-0.2, -0.15) is 4.98 Å². The number of para-hydroxylation sites is 1. The summed E-state index contributed by atoms with van der Waals surface area (Å²) in [7, 11) is 0. The Morgan fingerprint density at radius 2 is 2.04 bits per heavy atom. The summed E-state index contributed by atoms with van der Waals surface area (Å²) >= 11 is 0. The molecule has 120 valence electrons. The lowest BCUT2D eigenvalue weighted by molar-refractivity contribution is 0.443. The van der Waals surface area contributed by atoms with Crippen molar-refractivity contribution in [1.82, 2.24) is 9.97 Å². The van der Waals surface area contributed by atoms with E-state index in [0.29, 0.717) is 6.04 Å². The average molecular weight is 308 g/mol. The van der Waals surface area contributed by atoms with Gasteiger partial charge in [0.15, 0.2) is 0 Å². The first-order valence-electron chi connectivity index (χ1n) is 8.82. The molecule has 23 heavy (non-hydrogen) atoms. The van der Waals surface area contributed by atoms with E-state index in [1.165, 1.54) is 36.9 Å². The topological polar surface area (TPSA) is 32.3 Å². The van der Waals surface area contributed by atoms with Crippen LogP contribution in [0.4, 0.5) is 17.5 Å². The number of anilines is 3. The van der Waals surface area contributed by atoms with Gasteiger partial charge in [0.2, 0.25) is 5.95 Å². The van der Waals surface area contributed by atoms with E-state index in [2.05, 4.69) is 46.0 Å². The van der Waals surface area contributed by atoms with Gasteiger partial charge in [-0.15, -0.1) is 0 Å². The van der Waals surface area contributed by atoms with Crippen molar-refractivity contribution >= 4 is 17.5 Å². The molecule has 1 fully saturated rings. The zero-order chi connectivity index (χ0) is 15.6. The molecular weight excluding hydrogens is 284 g/mol. The Balaban J connectivity index is 1.65. The fourth-order valence-electron chi connectivity index (χ4n) is 3.89. The molecule has 0 spiro atoms. The summed E-state index contributed by atoms with van der Waals surface area (Å²) in [5, 5.41) is 0. The van der Waals surface area contributed by atoms with Gasteiger partial charge in [0, 0.05) is 31.0 Å². The van der Waals surface area contributed by atoms with E-state index in [1.807, 2.05) is 12.3 Å². The Labute approximate surface area is 138 Å². The predicted molar refractivity (Wildman–Crippen MR) is 94.5 cm³/mol. The van der Waals surface area contributed by atoms with Gasteiger partial charge >= 0.3 is 0 Å². The second-order valence-corrected chi connectivity index (χ2v) is 6.50. The molecule has 0 saturated carbocycles. The number of rotatable bonds is 3. The van der Waals surface area contributed by atoms with Gasteiger partial charge in [-0.1, -0.05) is 25.1 Å². The summed E-state index contributed by atoms with van der Waals surface area (Å²) in [6, 6.07) is 11.3. The summed E-state index contributed by atoms with van der Waals surface area (Å²) in [6.07, 6.45) is 8.01. The molecule has 4 heteroatoms. The predicted octanol–water partition coefficient (Wildman–Crippen LogP) is 3.94. The van der Waals surface area contributed by atoms with Crippen molar-refractivity contribution in [2.24, 2.45) is 0 Å². The Kier molecular flexibility index (Phi) is 3.90. The molecule has 0 radical (unpaired) electrons. The number of nitrogens with zero attached hydrogens (tertiary/aromatic N) is 4. The van der Waals surface area contributed by atoms with Crippen molar-refractivity contribution in [1.29, 1.82) is 0 Å². The third-order valence-corrected chi connectivity index (χ3v) is 5.15. The van der Waals surface area contributed by atoms with Crippen LogP contribution in [-0.2, 0) is 6.42 Å². The van der Waals surface area contributed by atoms with Crippen molar-refractivity contribution < 1.29 is 0 Å². The van der Waals surface area contributed by atoms with Crippen LogP contribution in [0, 0.1) is 0 Å². The molecular formula is C19H24N4. The smallest absolute Gasteiger partial charge is 0.227 e. The second-order valence-electron chi connectivity index (χ2n) is 6.50. The summed E-state index contributed by atoms with van der Waals surface area (Å²) in [5.41, 5.74) is 2.71. The lowest BCUT2D eigenvalue weighted by Gasteiger charge is -2.35. The van der Waals surface area contributed by atoms with Crippen LogP contribution in [0.3, 0.4) is 0 Å². The zero-order valence-electron chi connectivity index (χ0n) is 13.8. The fraction of sp³-hybridized carbons (Fsp3) is 0.474. The van der Waals surface area contributed by atoms with Crippen LogP contribution >= 0.6 is 0 Å². The molecule has 4 rings (SSSR count). The Morgan fingerprint density at radius 1 is 1.13 bits per heavy atom. The number of fused-ring (bicyclic) bond motifs is 1. The van der Waals surface area contributed by atoms with Crippen LogP contribution in [0.1, 0.15) is 38.2 Å². The minimum absolute atomic E-state index is 0.588. The molecule has 1 unspecified atom stereocenters. The standard InChI is InChI=1S/C19H24N4/c1-2-16-8-5-6-13-22(16)19-20-12-10-18(21-19)23-14-11-15-7-3-4-9-17(15)23/h3-4,7,9-10,12,16H,2,5-6,8,11,13-14H2,1H3. The first-order valence-corrected chi connectivity index (χ1v) is 8.82. The van der Waals surface area contributed by atoms with Crippen LogP contribution in [0.15, 0.2) is 36.5 Å². The molecule has 2 aliphatic heterocycles. The van der Waals surface area contributed by atoms with E-state index in [1.54, 1.807) is 0 Å². The van der Waals surface area contributed by atoms with Crippen LogP contribution < -0.4 is 9.80 Å². The van der Waals surface area contributed by atoms with Crippen LogP contribution in [-0.4, -0.2) is 29.1 Å². The van der Waals surface area contributed by atoms with Gasteiger partial charge in [-0.3, -0.25) is 0 Å². The highest BCUT2D eigenvalue weighted by atomic mass is 15.3. The molecule has 0 bridgehead atoms. The lowest BCUT2D eigenvalue weighted by atomic mass is 10.0. The third-order valence-electron chi connectivity index (χ3n) is 5.15. The van der Waals surface area contributed by atoms with E-state index in [9.17, 15) is 0 Å². The maximum atomic E-state index is 4.92. The van der Waals surface area contributed by atoms with Crippen LogP contribution in [0.25, 0.3) is 0 Å². The van der Waals surface area contributed by atoms with Crippen molar-refractivity contribution in [2.75, 3.05) is 22.9 Å². The number of piperidine rings is 1. The SMILES string of the molecule is CCC1CCCCN1c1nccc(N2CCc3ccccc32)n1. The van der Waals surface area contributed by atoms with E-state index in [4.69, 9.17) is 4.98 Å². The quantitative estimate of drug-likeness (QED) is 0.859. The molecule has 1 aromatic heterocycles. The minimum Gasteiger partial charge on any atom is -0.338 e. The highest BCUT2D eigenvalue weighted by molar-refractivity contribution is 5.67. The number of benzene rings is 1. The first kappa shape index (κ1) is 14.5. The van der Waals surface area contributed by atoms with Gasteiger partial charge in [-0.05, 0) is 49.8 Å². The fourth-order valence-corrected chi connectivity index (χ4v) is 3.89. The van der Waals surface area contributed by atoms with Crippen molar-refractivity contribution in [2.45, 2.75) is 45.1 Å². The third kappa shape index (κ3) is 2.67. The van der Waals surface area contributed by atoms with Crippen molar-refractivity contribution in [3.63, 3.8) is 0 Å². The largest absolute Gasteiger partial charge is 0.338 e. The normalized spacial score (nSPS) is 20.7. The maximum Gasteiger partial charge on any atom is 0.227 e. The molecule has 0 aliphatic carbocycles. The number of aromatic nitrogens is 2. The van der Waals surface area contributed by atoms with Crippen LogP contribution in [0.5, 0.6) is 0 Å². The second kappa shape index (κ2) is 6.19. The lowest BCUT2D eigenvalue weighted by Crippen LogP contribution is -2.40. The van der Waals surface area contributed by atoms with E-state index >= 15 is 0 Å². The molecule has 1 atom stereocenters. The zero-order valence-corrected chi connectivity index (χ0v) is 13.8. The Hall–Kier alpha value is -2.10. The highest BCUT2D eigenvalue weighted by Crippen LogP contribution is 2.34. The maximum absolute atomic E-state index is 4.92. The summed E-state index contributed by atoms with van der Waals surface area (Å²) in [6.45, 7) is 4.36. The van der Waals surface area contributed by atoms with E-state index < -0.39 is 0 Å². The molecule has 1 aromatic carbocycles. The molecule has 2 aliphatic rings. The van der Waals surface area contributed by atoms with Gasteiger partial charge < -0.3 is 9.80 Å². The summed E-state index contributed by atoms with van der Waals surface area (Å²) < 4.78 is 0. The molecule has 0 amide bonds. The van der Waals surface area contributed by atoms with Gasteiger partial charge in [0.25, 0.3) is 0 Å². The Morgan fingerprint density at radius 3 is 2.96 bits per heavy atom. The van der Waals surface area contributed by atoms with Gasteiger partial charge in [0.05, 0.1) is 0 Å². The van der Waals surface area contributed by atoms with Gasteiger partial charge in [0.1, 0.15) is 5.82 Å². The Bertz CT molecular complexity index is 685. The van der Waals surface area contributed by atoms with Crippen LogP contribution in [0.2, 0.25) is 0 Å². The molecule has 3 heterocycles. The van der Waals surface area contributed by atoms with Crippen molar-refractivity contribution in [3.05, 3.63) is 42.1 Å². The molecule has 1 saturated heterocycles. The number of hydrogen-bond donors (Lipinski definition) is 0.